The number of hydrogen-bond donors (Lipinski definition) is 0. The van der Waals surface area contributed by atoms with Crippen LogP contribution in [0.4, 0.5) is 0 Å². The monoisotopic (exact) mass is 679 g/mol. The minimum absolute atomic E-state index is 0.0411. The number of nitrogens with zero attached hydrogens (tertiary/aromatic N) is 7. The maximum absolute atomic E-state index is 14.2. The highest BCUT2D eigenvalue weighted by atomic mass is 16.5. The van der Waals surface area contributed by atoms with Gasteiger partial charge in [-0.3, -0.25) is 14.3 Å². The Bertz CT molecular complexity index is 1960. The predicted molar refractivity (Wildman–Crippen MR) is 189 cm³/mol. The van der Waals surface area contributed by atoms with Crippen LogP contribution >= 0.6 is 0 Å². The van der Waals surface area contributed by atoms with E-state index in [1.165, 1.54) is 0 Å². The lowest BCUT2D eigenvalue weighted by atomic mass is 10.1. The Kier molecular flexibility index (Phi) is 10.6. The van der Waals surface area contributed by atoms with Gasteiger partial charge in [-0.05, 0) is 82.0 Å². The Morgan fingerprint density at radius 2 is 1.66 bits per heavy atom. The van der Waals surface area contributed by atoms with E-state index in [0.717, 1.165) is 28.3 Å². The number of aromatic nitrogens is 5. The first-order valence-electron chi connectivity index (χ1n) is 17.1. The first-order valence-corrected chi connectivity index (χ1v) is 17.1. The van der Waals surface area contributed by atoms with Gasteiger partial charge in [-0.2, -0.15) is 5.10 Å². The van der Waals surface area contributed by atoms with Crippen LogP contribution in [0.5, 0.6) is 11.5 Å². The van der Waals surface area contributed by atoms with Gasteiger partial charge in [-0.25, -0.2) is 9.97 Å². The SMILES string of the molecule is COc1ccc2cc1OCCCN(C(=O)c1oc(C)nc1C)CCCCN(C(=O)c1cccc(Cn3nc(C)cc3C)c1)CCn1ccnc1-2. The van der Waals surface area contributed by atoms with Gasteiger partial charge in [0.2, 0.25) is 5.76 Å². The van der Waals surface area contributed by atoms with Crippen molar-refractivity contribution in [1.29, 1.82) is 0 Å². The van der Waals surface area contributed by atoms with E-state index < -0.39 is 0 Å². The van der Waals surface area contributed by atoms with Crippen molar-refractivity contribution >= 4 is 11.8 Å². The van der Waals surface area contributed by atoms with Crippen molar-refractivity contribution in [1.82, 2.24) is 34.1 Å². The van der Waals surface area contributed by atoms with Crippen LogP contribution < -0.4 is 9.47 Å². The molecule has 0 atom stereocenters. The molecule has 1 aliphatic rings. The van der Waals surface area contributed by atoms with Gasteiger partial charge in [0.25, 0.3) is 11.8 Å². The summed E-state index contributed by atoms with van der Waals surface area (Å²) in [5.74, 6) is 2.47. The maximum atomic E-state index is 14.2. The molecule has 6 rings (SSSR count). The number of ether oxygens (including phenoxy) is 2. The fraction of sp³-hybridized carbons (Fsp3) is 0.395. The molecule has 0 fully saturated rings. The van der Waals surface area contributed by atoms with Crippen molar-refractivity contribution in [3.63, 3.8) is 0 Å². The molecule has 262 valence electrons. The lowest BCUT2D eigenvalue weighted by Gasteiger charge is -2.25. The Labute approximate surface area is 292 Å². The van der Waals surface area contributed by atoms with Gasteiger partial charge in [0.15, 0.2) is 17.4 Å². The molecule has 0 spiro atoms. The fourth-order valence-corrected chi connectivity index (χ4v) is 6.45. The van der Waals surface area contributed by atoms with Crippen LogP contribution in [0.2, 0.25) is 0 Å². The third-order valence-corrected chi connectivity index (χ3v) is 8.97. The van der Waals surface area contributed by atoms with Crippen molar-refractivity contribution in [2.45, 2.75) is 60.0 Å². The highest BCUT2D eigenvalue weighted by Crippen LogP contribution is 2.32. The van der Waals surface area contributed by atoms with Crippen LogP contribution in [0.25, 0.3) is 11.4 Å². The van der Waals surface area contributed by atoms with Crippen molar-refractivity contribution in [2.24, 2.45) is 0 Å². The molecule has 2 aromatic carbocycles. The molecular formula is C38H45N7O5. The smallest absolute Gasteiger partial charge is 0.291 e. The van der Waals surface area contributed by atoms with Gasteiger partial charge in [-0.1, -0.05) is 12.1 Å². The summed E-state index contributed by atoms with van der Waals surface area (Å²) in [4.78, 5) is 40.5. The quantitative estimate of drug-likeness (QED) is 0.226. The number of benzene rings is 2. The Morgan fingerprint density at radius 1 is 0.880 bits per heavy atom. The minimum atomic E-state index is -0.196. The van der Waals surface area contributed by atoms with Gasteiger partial charge in [0.05, 0.1) is 31.6 Å². The van der Waals surface area contributed by atoms with Gasteiger partial charge >= 0.3 is 0 Å². The molecule has 0 N–H and O–H groups in total. The summed E-state index contributed by atoms with van der Waals surface area (Å²) in [6, 6.07) is 15.6. The lowest BCUT2D eigenvalue weighted by molar-refractivity contribution is 0.0692. The zero-order chi connectivity index (χ0) is 35.2. The summed E-state index contributed by atoms with van der Waals surface area (Å²) >= 11 is 0. The molecule has 2 amide bonds. The van der Waals surface area contributed by atoms with Gasteiger partial charge in [0.1, 0.15) is 5.82 Å². The average Bonchev–Trinajstić information content (AvgIpc) is 3.81. The van der Waals surface area contributed by atoms with E-state index in [0.29, 0.717) is 93.8 Å². The van der Waals surface area contributed by atoms with Crippen molar-refractivity contribution < 1.29 is 23.5 Å². The third kappa shape index (κ3) is 7.90. The number of hydrogen-bond acceptors (Lipinski definition) is 8. The largest absolute Gasteiger partial charge is 0.493 e. The van der Waals surface area contributed by atoms with Crippen LogP contribution in [-0.4, -0.2) is 85.8 Å². The van der Waals surface area contributed by atoms with Crippen molar-refractivity contribution in [3.8, 4) is 22.9 Å². The Hall–Kier alpha value is -5.39. The molecule has 2 bridgehead atoms. The average molecular weight is 680 g/mol. The van der Waals surface area contributed by atoms with Crippen molar-refractivity contribution in [2.75, 3.05) is 39.9 Å². The summed E-state index contributed by atoms with van der Waals surface area (Å²) in [7, 11) is 1.61. The molecule has 0 unspecified atom stereocenters. The van der Waals surface area contributed by atoms with Crippen LogP contribution in [0.15, 0.2) is 65.3 Å². The van der Waals surface area contributed by atoms with Gasteiger partial charge in [0, 0.05) is 68.9 Å². The van der Waals surface area contributed by atoms with Gasteiger partial charge in [-0.15, -0.1) is 0 Å². The third-order valence-electron chi connectivity index (χ3n) is 8.97. The topological polar surface area (TPSA) is 121 Å². The second-order valence-electron chi connectivity index (χ2n) is 12.7. The number of imidazole rings is 1. The number of carbonyl (C=O) groups is 2. The minimum Gasteiger partial charge on any atom is -0.493 e. The predicted octanol–water partition coefficient (Wildman–Crippen LogP) is 5.87. The number of carbonyl (C=O) groups excluding carboxylic acids is 2. The maximum Gasteiger partial charge on any atom is 0.291 e. The second-order valence-corrected chi connectivity index (χ2v) is 12.7. The number of aryl methyl sites for hydroxylation is 4. The highest BCUT2D eigenvalue weighted by Gasteiger charge is 2.24. The van der Waals surface area contributed by atoms with Crippen LogP contribution in [0, 0.1) is 27.7 Å². The molecule has 1 aliphatic heterocycles. The van der Waals surface area contributed by atoms with E-state index in [2.05, 4.69) is 19.6 Å². The number of methoxy groups -OCH3 is 1. The van der Waals surface area contributed by atoms with E-state index in [-0.39, 0.29) is 17.6 Å². The molecular weight excluding hydrogens is 634 g/mol. The summed E-state index contributed by atoms with van der Waals surface area (Å²) in [6.45, 7) is 11.0. The highest BCUT2D eigenvalue weighted by molar-refractivity contribution is 5.94. The molecule has 12 nitrogen and oxygen atoms in total. The Balaban J connectivity index is 1.27. The zero-order valence-electron chi connectivity index (χ0n) is 29.5. The summed E-state index contributed by atoms with van der Waals surface area (Å²) in [5, 5.41) is 4.60. The first-order chi connectivity index (χ1) is 24.2. The normalized spacial score (nSPS) is 14.5. The zero-order valence-corrected chi connectivity index (χ0v) is 29.5. The van der Waals surface area contributed by atoms with Gasteiger partial charge < -0.3 is 28.3 Å². The number of oxazole rings is 1. The fourth-order valence-electron chi connectivity index (χ4n) is 6.45. The lowest BCUT2D eigenvalue weighted by Crippen LogP contribution is -2.36. The van der Waals surface area contributed by atoms with Crippen molar-refractivity contribution in [3.05, 3.63) is 101 Å². The summed E-state index contributed by atoms with van der Waals surface area (Å²) in [5.41, 5.74) is 5.12. The summed E-state index contributed by atoms with van der Waals surface area (Å²) in [6.07, 6.45) is 5.71. The molecule has 0 aliphatic carbocycles. The molecule has 0 saturated carbocycles. The molecule has 50 heavy (non-hydrogen) atoms. The molecule has 0 saturated heterocycles. The Morgan fingerprint density at radius 3 is 2.38 bits per heavy atom. The standard InChI is InChI=1S/C38H45N7O5/c1-26-22-27(2)45(41-26)25-30-10-8-11-32(23-30)37(46)44-16-7-6-15-43(38(47)35-28(3)40-29(4)50-35)17-9-21-49-34-24-31(12-13-33(34)48-5)36-39-14-18-42(36)19-20-44/h8,10-14,18,22-24H,6-7,9,15-17,19-21,25H2,1-5H3. The van der Waals surface area contributed by atoms with E-state index in [4.69, 9.17) is 13.9 Å². The molecule has 0 radical (unpaired) electrons. The molecule has 5 aromatic rings. The van der Waals surface area contributed by atoms with Crippen LogP contribution in [0.1, 0.15) is 68.7 Å². The summed E-state index contributed by atoms with van der Waals surface area (Å²) < 4.78 is 21.5. The number of fused-ring (bicyclic) bond motifs is 4. The van der Waals surface area contributed by atoms with Crippen LogP contribution in [0.3, 0.4) is 0 Å². The molecule has 12 heteroatoms. The second kappa shape index (κ2) is 15.4. The van der Waals surface area contributed by atoms with E-state index in [9.17, 15) is 9.59 Å². The van der Waals surface area contributed by atoms with E-state index in [1.54, 1.807) is 32.1 Å². The van der Waals surface area contributed by atoms with E-state index in [1.807, 2.05) is 78.2 Å². The first kappa shape index (κ1) is 34.5. The number of amides is 2. The molecule has 4 heterocycles. The molecule has 3 aromatic heterocycles. The van der Waals surface area contributed by atoms with E-state index >= 15 is 0 Å². The van der Waals surface area contributed by atoms with Crippen LogP contribution in [-0.2, 0) is 13.1 Å². The number of rotatable bonds is 5.